The van der Waals surface area contributed by atoms with Crippen LogP contribution in [0.2, 0.25) is 0 Å². The van der Waals surface area contributed by atoms with Crippen LogP contribution in [0.4, 0.5) is 0 Å². The van der Waals surface area contributed by atoms with Crippen LogP contribution < -0.4 is 10.5 Å². The summed E-state index contributed by atoms with van der Waals surface area (Å²) in [4.78, 5) is 11.2. The van der Waals surface area contributed by atoms with E-state index in [1.807, 2.05) is 6.07 Å². The highest BCUT2D eigenvalue weighted by Gasteiger charge is 2.55. The molecule has 1 saturated carbocycles. The molecule has 0 aromatic heterocycles. The number of ether oxygens (including phenoxy) is 1. The fourth-order valence-corrected chi connectivity index (χ4v) is 4.58. The third-order valence-electron chi connectivity index (χ3n) is 5.77. The molecule has 4 nitrogen and oxygen atoms in total. The zero-order valence-electron chi connectivity index (χ0n) is 13.2. The van der Waals surface area contributed by atoms with Crippen molar-refractivity contribution in [3.63, 3.8) is 0 Å². The van der Waals surface area contributed by atoms with Crippen LogP contribution in [0.1, 0.15) is 56.1 Å². The monoisotopic (exact) mass is 303 g/mol. The number of primary amides is 1. The molecule has 3 N–H and O–H groups in total. The Morgan fingerprint density at radius 1 is 1.32 bits per heavy atom. The molecule has 4 heteroatoms. The molecule has 2 aliphatic carbocycles. The molecule has 3 rings (SSSR count). The number of rotatable bonds is 4. The number of methoxy groups -OCH3 is 1. The van der Waals surface area contributed by atoms with Crippen molar-refractivity contribution in [1.29, 1.82) is 0 Å². The lowest BCUT2D eigenvalue weighted by Crippen LogP contribution is -2.53. The van der Waals surface area contributed by atoms with Crippen LogP contribution in [0.3, 0.4) is 0 Å². The SMILES string of the molecule is COc1ccc2c(c1)C1(CCCC1)C(O)(CCC(N)=O)CC2. The molecule has 1 aromatic carbocycles. The number of aryl methyl sites for hydroxylation is 1. The molecule has 120 valence electrons. The van der Waals surface area contributed by atoms with E-state index < -0.39 is 5.60 Å². The predicted octanol–water partition coefficient (Wildman–Crippen LogP) is 2.45. The molecule has 0 bridgehead atoms. The average molecular weight is 303 g/mol. The van der Waals surface area contributed by atoms with E-state index in [1.54, 1.807) is 7.11 Å². The smallest absolute Gasteiger partial charge is 0.217 e. The van der Waals surface area contributed by atoms with Gasteiger partial charge < -0.3 is 15.6 Å². The number of carbonyl (C=O) groups excluding carboxylic acids is 1. The van der Waals surface area contributed by atoms with E-state index in [1.165, 1.54) is 11.1 Å². The number of aliphatic hydroxyl groups is 1. The zero-order chi connectivity index (χ0) is 15.8. The summed E-state index contributed by atoms with van der Waals surface area (Å²) in [6.45, 7) is 0. The summed E-state index contributed by atoms with van der Waals surface area (Å²) in [7, 11) is 1.67. The molecule has 0 radical (unpaired) electrons. The molecule has 2 aliphatic rings. The second-order valence-electron chi connectivity index (χ2n) is 6.81. The molecule has 1 fully saturated rings. The van der Waals surface area contributed by atoms with E-state index in [0.717, 1.165) is 37.9 Å². The summed E-state index contributed by atoms with van der Waals surface area (Å²) in [5, 5.41) is 11.4. The van der Waals surface area contributed by atoms with Crippen LogP contribution in [0, 0.1) is 0 Å². The van der Waals surface area contributed by atoms with Gasteiger partial charge in [-0.2, -0.15) is 0 Å². The van der Waals surface area contributed by atoms with E-state index in [2.05, 4.69) is 12.1 Å². The van der Waals surface area contributed by atoms with Crippen LogP contribution in [0.25, 0.3) is 0 Å². The minimum atomic E-state index is -0.835. The third kappa shape index (κ3) is 2.30. The largest absolute Gasteiger partial charge is 0.497 e. The fourth-order valence-electron chi connectivity index (χ4n) is 4.58. The van der Waals surface area contributed by atoms with Gasteiger partial charge in [0.15, 0.2) is 0 Å². The van der Waals surface area contributed by atoms with Crippen LogP contribution in [-0.4, -0.2) is 23.7 Å². The van der Waals surface area contributed by atoms with Crippen molar-refractivity contribution < 1.29 is 14.6 Å². The highest BCUT2D eigenvalue weighted by Crippen LogP contribution is 2.56. The van der Waals surface area contributed by atoms with E-state index in [4.69, 9.17) is 10.5 Å². The Labute approximate surface area is 131 Å². The number of benzene rings is 1. The average Bonchev–Trinajstić information content (AvgIpc) is 3.01. The molecule has 1 unspecified atom stereocenters. The van der Waals surface area contributed by atoms with Crippen LogP contribution in [-0.2, 0) is 16.6 Å². The van der Waals surface area contributed by atoms with Crippen molar-refractivity contribution >= 4 is 5.91 Å². The number of amides is 1. The van der Waals surface area contributed by atoms with E-state index in [-0.39, 0.29) is 17.7 Å². The van der Waals surface area contributed by atoms with Gasteiger partial charge in [0.25, 0.3) is 0 Å². The van der Waals surface area contributed by atoms with Gasteiger partial charge in [-0.1, -0.05) is 18.9 Å². The van der Waals surface area contributed by atoms with Gasteiger partial charge in [-0.25, -0.2) is 0 Å². The fraction of sp³-hybridized carbons (Fsp3) is 0.611. The molecule has 1 spiro atoms. The molecular formula is C18H25NO3. The summed E-state index contributed by atoms with van der Waals surface area (Å²) in [6, 6.07) is 6.21. The number of carbonyl (C=O) groups is 1. The lowest BCUT2D eigenvalue weighted by molar-refractivity contribution is -0.121. The van der Waals surface area contributed by atoms with Gasteiger partial charge in [0.2, 0.25) is 5.91 Å². The Morgan fingerprint density at radius 2 is 2.05 bits per heavy atom. The van der Waals surface area contributed by atoms with Gasteiger partial charge in [0.1, 0.15) is 5.75 Å². The van der Waals surface area contributed by atoms with Gasteiger partial charge in [0, 0.05) is 11.8 Å². The molecule has 0 heterocycles. The van der Waals surface area contributed by atoms with Gasteiger partial charge >= 0.3 is 0 Å². The Kier molecular flexibility index (Phi) is 3.89. The molecular weight excluding hydrogens is 278 g/mol. The van der Waals surface area contributed by atoms with Crippen LogP contribution in [0.15, 0.2) is 18.2 Å². The third-order valence-corrected chi connectivity index (χ3v) is 5.77. The van der Waals surface area contributed by atoms with E-state index >= 15 is 0 Å². The minimum absolute atomic E-state index is 0.245. The Bertz CT molecular complexity index is 578. The maximum absolute atomic E-state index is 11.4. The second kappa shape index (κ2) is 5.58. The summed E-state index contributed by atoms with van der Waals surface area (Å²) >= 11 is 0. The highest BCUT2D eigenvalue weighted by atomic mass is 16.5. The number of hydrogen-bond donors (Lipinski definition) is 2. The number of fused-ring (bicyclic) bond motifs is 2. The molecule has 0 saturated heterocycles. The van der Waals surface area contributed by atoms with Crippen molar-refractivity contribution in [1.82, 2.24) is 0 Å². The lowest BCUT2D eigenvalue weighted by atomic mass is 9.58. The molecule has 0 aliphatic heterocycles. The Hall–Kier alpha value is -1.55. The van der Waals surface area contributed by atoms with Crippen molar-refractivity contribution in [2.45, 2.75) is 62.4 Å². The first-order chi connectivity index (χ1) is 10.5. The number of nitrogens with two attached hydrogens (primary N) is 1. The summed E-state index contributed by atoms with van der Waals surface area (Å²) in [5.41, 5.74) is 6.78. The van der Waals surface area contributed by atoms with Crippen LogP contribution >= 0.6 is 0 Å². The van der Waals surface area contributed by atoms with Gasteiger partial charge in [-0.3, -0.25) is 4.79 Å². The van der Waals surface area contributed by atoms with Crippen molar-refractivity contribution in [2.75, 3.05) is 7.11 Å². The second-order valence-corrected chi connectivity index (χ2v) is 6.81. The first kappa shape index (κ1) is 15.3. The quantitative estimate of drug-likeness (QED) is 0.897. The van der Waals surface area contributed by atoms with Crippen LogP contribution in [0.5, 0.6) is 5.75 Å². The van der Waals surface area contributed by atoms with Crippen molar-refractivity contribution in [3.8, 4) is 5.75 Å². The zero-order valence-corrected chi connectivity index (χ0v) is 13.2. The normalized spacial score (nSPS) is 25.9. The Balaban J connectivity index is 2.05. The van der Waals surface area contributed by atoms with Crippen molar-refractivity contribution in [3.05, 3.63) is 29.3 Å². The number of hydrogen-bond acceptors (Lipinski definition) is 3. The molecule has 1 amide bonds. The molecule has 22 heavy (non-hydrogen) atoms. The van der Waals surface area contributed by atoms with Gasteiger partial charge in [-0.15, -0.1) is 0 Å². The first-order valence-corrected chi connectivity index (χ1v) is 8.19. The topological polar surface area (TPSA) is 72.6 Å². The molecule has 1 aromatic rings. The molecule has 1 atom stereocenters. The predicted molar refractivity (Wildman–Crippen MR) is 84.8 cm³/mol. The standard InChI is InChI=1S/C18H25NO3/c1-22-14-5-4-13-6-10-18(21,11-7-16(19)20)17(15(13)12-14)8-2-3-9-17/h4-5,12,21H,2-3,6-11H2,1H3,(H2,19,20). The van der Waals surface area contributed by atoms with Gasteiger partial charge in [0.05, 0.1) is 12.7 Å². The lowest BCUT2D eigenvalue weighted by Gasteiger charge is -2.50. The summed E-state index contributed by atoms with van der Waals surface area (Å²) < 4.78 is 5.39. The minimum Gasteiger partial charge on any atom is -0.497 e. The highest BCUT2D eigenvalue weighted by molar-refractivity contribution is 5.73. The summed E-state index contributed by atoms with van der Waals surface area (Å²) in [5.74, 6) is 0.502. The maximum atomic E-state index is 11.4. The van der Waals surface area contributed by atoms with E-state index in [9.17, 15) is 9.90 Å². The van der Waals surface area contributed by atoms with Crippen molar-refractivity contribution in [2.24, 2.45) is 5.73 Å². The first-order valence-electron chi connectivity index (χ1n) is 8.19. The maximum Gasteiger partial charge on any atom is 0.217 e. The van der Waals surface area contributed by atoms with E-state index in [0.29, 0.717) is 12.8 Å². The Morgan fingerprint density at radius 3 is 2.68 bits per heavy atom. The van der Waals surface area contributed by atoms with Gasteiger partial charge in [-0.05, 0) is 55.4 Å². The summed E-state index contributed by atoms with van der Waals surface area (Å²) in [6.07, 6.45) is 6.45.